The molecule has 8 aliphatic rings. The molecule has 2 amide bonds. The minimum absolute atomic E-state index is 0.0171. The van der Waals surface area contributed by atoms with Crippen molar-refractivity contribution in [2.45, 2.75) is 147 Å². The molecule has 6 aliphatic carbocycles. The maximum absolute atomic E-state index is 12.9. The molecule has 4 N–H and O–H groups in total. The fourth-order valence-corrected chi connectivity index (χ4v) is 13.7. The van der Waals surface area contributed by atoms with Gasteiger partial charge in [-0.1, -0.05) is 27.7 Å². The molecule has 8 rings (SSSR count). The van der Waals surface area contributed by atoms with Crippen LogP contribution in [0.15, 0.2) is 0 Å². The van der Waals surface area contributed by atoms with E-state index in [4.69, 9.17) is 19.9 Å². The fraction of sp³-hybridized carbons (Fsp3) is 0.947. The maximum Gasteiger partial charge on any atom is 0.223 e. The zero-order chi connectivity index (χ0) is 33.1. The molecule has 2 aliphatic heterocycles. The number of carbonyl (C=O) groups excluding carboxylic acids is 2. The number of carbonyl (C=O) groups is 2. The number of hydrogen-bond donors (Lipinski definition) is 3. The van der Waals surface area contributed by atoms with E-state index in [-0.39, 0.29) is 69.9 Å². The summed E-state index contributed by atoms with van der Waals surface area (Å²) in [5, 5.41) is 15.1. The minimum Gasteiger partial charge on any atom is -0.388 e. The molecule has 2 spiro atoms. The van der Waals surface area contributed by atoms with Crippen molar-refractivity contribution in [3.63, 3.8) is 0 Å². The van der Waals surface area contributed by atoms with Gasteiger partial charge in [0.05, 0.1) is 43.1 Å². The lowest BCUT2D eigenvalue weighted by Crippen LogP contribution is -2.70. The van der Waals surface area contributed by atoms with Crippen LogP contribution in [0.2, 0.25) is 0 Å². The van der Waals surface area contributed by atoms with Crippen LogP contribution in [-0.2, 0) is 23.8 Å². The van der Waals surface area contributed by atoms with E-state index in [1.807, 2.05) is 4.90 Å². The number of nitrogens with one attached hydrogen (secondary N) is 1. The summed E-state index contributed by atoms with van der Waals surface area (Å²) in [6, 6.07) is 0. The van der Waals surface area contributed by atoms with Crippen LogP contribution in [-0.4, -0.2) is 84.8 Å². The van der Waals surface area contributed by atoms with Crippen molar-refractivity contribution in [3.8, 4) is 0 Å². The number of ether oxygens (including phenoxy) is 3. The predicted molar refractivity (Wildman–Crippen MR) is 177 cm³/mol. The monoisotopic (exact) mass is 655 g/mol. The summed E-state index contributed by atoms with van der Waals surface area (Å²) in [5.74, 6) is 2.34. The van der Waals surface area contributed by atoms with Crippen LogP contribution in [0.5, 0.6) is 0 Å². The Morgan fingerprint density at radius 1 is 1.04 bits per heavy atom. The number of amides is 2. The summed E-state index contributed by atoms with van der Waals surface area (Å²) in [5.41, 5.74) is 7.32. The minimum atomic E-state index is -0.694. The molecule has 7 unspecified atom stereocenters. The van der Waals surface area contributed by atoms with Crippen LogP contribution >= 0.6 is 0 Å². The smallest absolute Gasteiger partial charge is 0.223 e. The molecular weight excluding hydrogens is 594 g/mol. The molecule has 0 radical (unpaired) electrons. The van der Waals surface area contributed by atoms with Crippen LogP contribution in [0.4, 0.5) is 0 Å². The summed E-state index contributed by atoms with van der Waals surface area (Å²) in [4.78, 5) is 26.9. The fourth-order valence-electron chi connectivity index (χ4n) is 13.7. The van der Waals surface area contributed by atoms with Gasteiger partial charge in [-0.25, -0.2) is 0 Å². The van der Waals surface area contributed by atoms with Crippen molar-refractivity contribution >= 4 is 11.8 Å². The number of hydrogen-bond acceptors (Lipinski definition) is 7. The molecule has 0 aromatic rings. The first-order valence-electron chi connectivity index (χ1n) is 19.2. The van der Waals surface area contributed by atoms with E-state index in [1.165, 1.54) is 25.7 Å². The SMILES string of the molecule is CNC(=O)CCC1C[C@@H](C)[C@H]2C(O1)[C@H](O)[C@@]1(N)C3CC[C@H]4C(C)(C)C(OC5CN(C(=O)CC6CC6)CCO5)CCC45C[C@@]35CCC21C. The average Bonchev–Trinajstić information content (AvgIpc) is 3.96. The first-order chi connectivity index (χ1) is 22.3. The molecule has 0 aromatic carbocycles. The number of aliphatic hydroxyl groups is 1. The van der Waals surface area contributed by atoms with E-state index in [0.717, 1.165) is 38.5 Å². The Balaban J connectivity index is 0.987. The number of nitrogens with zero attached hydrogens (tertiary/aromatic N) is 1. The van der Waals surface area contributed by atoms with E-state index >= 15 is 0 Å². The zero-order valence-corrected chi connectivity index (χ0v) is 29.6. The van der Waals surface area contributed by atoms with Gasteiger partial charge in [-0.3, -0.25) is 9.59 Å². The lowest BCUT2D eigenvalue weighted by Gasteiger charge is -2.63. The van der Waals surface area contributed by atoms with Gasteiger partial charge < -0.3 is 35.3 Å². The van der Waals surface area contributed by atoms with Gasteiger partial charge in [-0.05, 0) is 122 Å². The van der Waals surface area contributed by atoms with Crippen molar-refractivity contribution in [3.05, 3.63) is 0 Å². The molecule has 47 heavy (non-hydrogen) atoms. The molecule has 13 atom stereocenters. The molecule has 0 bridgehead atoms. The Kier molecular flexibility index (Phi) is 7.79. The van der Waals surface area contributed by atoms with Crippen molar-refractivity contribution in [2.24, 2.45) is 57.0 Å². The first-order valence-corrected chi connectivity index (χ1v) is 19.2. The highest BCUT2D eigenvalue weighted by Crippen LogP contribution is 2.87. The lowest BCUT2D eigenvalue weighted by atomic mass is 9.43. The third-order valence-corrected chi connectivity index (χ3v) is 16.1. The van der Waals surface area contributed by atoms with Crippen LogP contribution in [0.3, 0.4) is 0 Å². The molecule has 2 heterocycles. The second-order valence-corrected chi connectivity index (χ2v) is 18.4. The van der Waals surface area contributed by atoms with Crippen molar-refractivity contribution in [1.82, 2.24) is 10.2 Å². The molecule has 2 saturated heterocycles. The molecule has 9 nitrogen and oxygen atoms in total. The summed E-state index contributed by atoms with van der Waals surface area (Å²) in [6.45, 7) is 11.3. The van der Waals surface area contributed by atoms with Gasteiger partial charge in [0.15, 0.2) is 6.29 Å². The predicted octanol–water partition coefficient (Wildman–Crippen LogP) is 4.39. The Morgan fingerprint density at radius 2 is 1.79 bits per heavy atom. The molecular formula is C38H61N3O6. The first kappa shape index (κ1) is 32.9. The molecule has 8 fully saturated rings. The molecule has 0 aromatic heterocycles. The number of nitrogens with two attached hydrogens (primary N) is 1. The van der Waals surface area contributed by atoms with Crippen molar-refractivity contribution < 1.29 is 28.9 Å². The second kappa shape index (κ2) is 11.1. The van der Waals surface area contributed by atoms with E-state index in [9.17, 15) is 14.7 Å². The number of aliphatic hydroxyl groups excluding tert-OH is 1. The highest BCUT2D eigenvalue weighted by Gasteiger charge is 2.85. The number of fused-ring (bicyclic) bond motifs is 4. The van der Waals surface area contributed by atoms with Gasteiger partial charge in [-0.2, -0.15) is 0 Å². The highest BCUT2D eigenvalue weighted by atomic mass is 16.7. The van der Waals surface area contributed by atoms with Gasteiger partial charge in [-0.15, -0.1) is 0 Å². The Morgan fingerprint density at radius 3 is 2.53 bits per heavy atom. The van der Waals surface area contributed by atoms with E-state index < -0.39 is 11.6 Å². The molecule has 6 saturated carbocycles. The van der Waals surface area contributed by atoms with Gasteiger partial charge in [0, 0.05) is 26.4 Å². The van der Waals surface area contributed by atoms with Crippen LogP contribution in [0, 0.1) is 51.2 Å². The normalized spacial score (nSPS) is 51.1. The summed E-state index contributed by atoms with van der Waals surface area (Å²) < 4.78 is 19.7. The quantitative estimate of drug-likeness (QED) is 0.372. The van der Waals surface area contributed by atoms with Gasteiger partial charge in [0.1, 0.15) is 0 Å². The largest absolute Gasteiger partial charge is 0.388 e. The average molecular weight is 656 g/mol. The van der Waals surface area contributed by atoms with Gasteiger partial charge >= 0.3 is 0 Å². The van der Waals surface area contributed by atoms with Crippen LogP contribution in [0.25, 0.3) is 0 Å². The Labute approximate surface area is 281 Å². The standard InChI is InChI=1S/C38H61N3O6/c1-22-18-24(8-11-28(42)40-5)46-32-31(22)35(4)14-15-37-21-36(37)13-12-27(34(2,3)25(36)9-10-26(37)38(35,39)33(32)44)47-30-20-41(16-17-45-30)29(43)19-23-6-7-23/h22-27,30-33,44H,6-21,39H2,1-5H3,(H,40,42)/t22-,24?,25+,26?,27?,30?,31+,32?,33+,35?,36?,37+,38+/m1/s1. The zero-order valence-electron chi connectivity index (χ0n) is 29.6. The summed E-state index contributed by atoms with van der Waals surface area (Å²) >= 11 is 0. The van der Waals surface area contributed by atoms with Gasteiger partial charge in [0.2, 0.25) is 11.8 Å². The third-order valence-electron chi connectivity index (χ3n) is 16.1. The van der Waals surface area contributed by atoms with E-state index in [0.29, 0.717) is 56.7 Å². The molecule has 264 valence electrons. The van der Waals surface area contributed by atoms with E-state index in [1.54, 1.807) is 7.05 Å². The topological polar surface area (TPSA) is 123 Å². The van der Waals surface area contributed by atoms with Gasteiger partial charge in [0.25, 0.3) is 0 Å². The summed E-state index contributed by atoms with van der Waals surface area (Å²) in [7, 11) is 1.68. The third kappa shape index (κ3) is 4.64. The van der Waals surface area contributed by atoms with Crippen molar-refractivity contribution in [2.75, 3.05) is 26.7 Å². The maximum atomic E-state index is 12.9. The Hall–Kier alpha value is -1.26. The number of morpholine rings is 1. The number of rotatable bonds is 7. The van der Waals surface area contributed by atoms with Crippen molar-refractivity contribution in [1.29, 1.82) is 0 Å². The second-order valence-electron chi connectivity index (χ2n) is 18.4. The van der Waals surface area contributed by atoms with E-state index in [2.05, 4.69) is 33.0 Å². The Bertz CT molecular complexity index is 1270. The van der Waals surface area contributed by atoms with Crippen LogP contribution in [0.1, 0.15) is 111 Å². The van der Waals surface area contributed by atoms with Crippen LogP contribution < -0.4 is 11.1 Å². The molecule has 9 heteroatoms. The lowest BCUT2D eigenvalue weighted by molar-refractivity contribution is -0.245. The highest BCUT2D eigenvalue weighted by molar-refractivity contribution is 5.77. The summed E-state index contributed by atoms with van der Waals surface area (Å²) in [6.07, 6.45) is 11.6.